The number of benzene rings is 1. The van der Waals surface area contributed by atoms with Gasteiger partial charge in [0.1, 0.15) is 11.6 Å². The second kappa shape index (κ2) is 5.76. The first kappa shape index (κ1) is 13.9. The number of nitrogens with zero attached hydrogens (tertiary/aromatic N) is 2. The summed E-state index contributed by atoms with van der Waals surface area (Å²) in [5, 5.41) is 0. The van der Waals surface area contributed by atoms with Gasteiger partial charge >= 0.3 is 0 Å². The summed E-state index contributed by atoms with van der Waals surface area (Å²) in [5.74, 6) is 2.09. The Labute approximate surface area is 134 Å². The third-order valence-electron chi connectivity index (χ3n) is 3.10. The van der Waals surface area contributed by atoms with E-state index in [0.29, 0.717) is 5.88 Å². The molecule has 0 spiro atoms. The second-order valence-electron chi connectivity index (χ2n) is 4.31. The van der Waals surface area contributed by atoms with Gasteiger partial charge in [-0.25, -0.2) is 4.98 Å². The molecule has 0 saturated carbocycles. The van der Waals surface area contributed by atoms with Crippen molar-refractivity contribution >= 4 is 49.9 Å². The summed E-state index contributed by atoms with van der Waals surface area (Å²) in [6, 6.07) is 10.0. The van der Waals surface area contributed by atoms with Crippen LogP contribution in [0.3, 0.4) is 0 Å². The molecule has 0 aliphatic rings. The SMILES string of the molecule is COc1ccc2nc(CCl)n(Cc3ccc(Br)s3)c2c1. The van der Waals surface area contributed by atoms with Crippen LogP contribution < -0.4 is 4.74 Å². The smallest absolute Gasteiger partial charge is 0.125 e. The molecule has 104 valence electrons. The van der Waals surface area contributed by atoms with Gasteiger partial charge in [0.05, 0.1) is 34.4 Å². The van der Waals surface area contributed by atoms with E-state index in [0.717, 1.165) is 32.9 Å². The highest BCUT2D eigenvalue weighted by molar-refractivity contribution is 9.11. The van der Waals surface area contributed by atoms with E-state index >= 15 is 0 Å². The number of hydrogen-bond acceptors (Lipinski definition) is 3. The molecule has 0 amide bonds. The largest absolute Gasteiger partial charge is 0.497 e. The number of hydrogen-bond donors (Lipinski definition) is 0. The molecule has 0 fully saturated rings. The fraction of sp³-hybridized carbons (Fsp3) is 0.214. The Morgan fingerprint density at radius 1 is 1.35 bits per heavy atom. The van der Waals surface area contributed by atoms with Crippen molar-refractivity contribution < 1.29 is 4.74 Å². The third kappa shape index (κ3) is 2.57. The average molecular weight is 372 g/mol. The van der Waals surface area contributed by atoms with Gasteiger partial charge in [-0.2, -0.15) is 0 Å². The van der Waals surface area contributed by atoms with Gasteiger partial charge in [-0.15, -0.1) is 22.9 Å². The monoisotopic (exact) mass is 370 g/mol. The minimum Gasteiger partial charge on any atom is -0.497 e. The maximum atomic E-state index is 6.03. The molecule has 0 N–H and O–H groups in total. The van der Waals surface area contributed by atoms with Crippen LogP contribution in [-0.4, -0.2) is 16.7 Å². The molecule has 0 atom stereocenters. The molecule has 2 heterocycles. The number of ether oxygens (including phenoxy) is 1. The first-order valence-corrected chi connectivity index (χ1v) is 8.19. The van der Waals surface area contributed by atoms with Gasteiger partial charge in [0.15, 0.2) is 0 Å². The van der Waals surface area contributed by atoms with E-state index in [4.69, 9.17) is 16.3 Å². The predicted octanol–water partition coefficient (Wildman–Crippen LogP) is 4.66. The molecule has 0 radical (unpaired) electrons. The summed E-state index contributed by atoms with van der Waals surface area (Å²) < 4.78 is 8.56. The third-order valence-corrected chi connectivity index (χ3v) is 4.94. The Hall–Kier alpha value is -1.04. The average Bonchev–Trinajstić information content (AvgIpc) is 3.03. The number of imidazole rings is 1. The van der Waals surface area contributed by atoms with Crippen LogP contribution in [0.15, 0.2) is 34.1 Å². The zero-order valence-corrected chi connectivity index (χ0v) is 13.9. The Morgan fingerprint density at radius 3 is 2.85 bits per heavy atom. The maximum absolute atomic E-state index is 6.03. The number of fused-ring (bicyclic) bond motifs is 1. The van der Waals surface area contributed by atoms with Gasteiger partial charge in [-0.3, -0.25) is 0 Å². The molecule has 1 aromatic carbocycles. The summed E-state index contributed by atoms with van der Waals surface area (Å²) in [6.07, 6.45) is 0. The zero-order valence-electron chi connectivity index (χ0n) is 10.8. The molecule has 0 saturated heterocycles. The van der Waals surface area contributed by atoms with Crippen molar-refractivity contribution in [2.75, 3.05) is 7.11 Å². The maximum Gasteiger partial charge on any atom is 0.125 e. The summed E-state index contributed by atoms with van der Waals surface area (Å²) >= 11 is 11.2. The second-order valence-corrected chi connectivity index (χ2v) is 7.12. The normalized spacial score (nSPS) is 11.2. The standard InChI is InChI=1S/C14H12BrClN2OS/c1-19-9-2-4-11-12(6-9)18(14(7-16)17-11)8-10-3-5-13(15)20-10/h2-6H,7-8H2,1H3. The number of alkyl halides is 1. The summed E-state index contributed by atoms with van der Waals surface area (Å²) in [5.41, 5.74) is 1.99. The van der Waals surface area contributed by atoms with E-state index in [9.17, 15) is 0 Å². The zero-order chi connectivity index (χ0) is 14.1. The number of rotatable bonds is 4. The Morgan fingerprint density at radius 2 is 2.20 bits per heavy atom. The molecule has 0 bridgehead atoms. The molecule has 0 aliphatic carbocycles. The van der Waals surface area contributed by atoms with Crippen LogP contribution in [0.4, 0.5) is 0 Å². The molecule has 0 aliphatic heterocycles. The number of thiophene rings is 1. The van der Waals surface area contributed by atoms with Crippen LogP contribution >= 0.6 is 38.9 Å². The molecule has 0 unspecified atom stereocenters. The molecule has 20 heavy (non-hydrogen) atoms. The van der Waals surface area contributed by atoms with Gasteiger partial charge in [0.25, 0.3) is 0 Å². The van der Waals surface area contributed by atoms with E-state index in [-0.39, 0.29) is 0 Å². The van der Waals surface area contributed by atoms with Crippen LogP contribution in [0.25, 0.3) is 11.0 Å². The molecule has 3 aromatic rings. The van der Waals surface area contributed by atoms with E-state index < -0.39 is 0 Å². The topological polar surface area (TPSA) is 27.1 Å². The minimum absolute atomic E-state index is 0.392. The Balaban J connectivity index is 2.10. The fourth-order valence-electron chi connectivity index (χ4n) is 2.15. The quantitative estimate of drug-likeness (QED) is 0.624. The Kier molecular flexibility index (Phi) is 4.01. The van der Waals surface area contributed by atoms with Gasteiger partial charge in [-0.1, -0.05) is 0 Å². The highest BCUT2D eigenvalue weighted by Gasteiger charge is 2.12. The van der Waals surface area contributed by atoms with E-state index in [1.807, 2.05) is 18.2 Å². The molecular weight excluding hydrogens is 360 g/mol. The van der Waals surface area contributed by atoms with Crippen molar-refractivity contribution in [3.8, 4) is 5.75 Å². The lowest BCUT2D eigenvalue weighted by Gasteiger charge is -2.07. The van der Waals surface area contributed by atoms with E-state index in [2.05, 4.69) is 37.6 Å². The predicted molar refractivity (Wildman–Crippen MR) is 87.0 cm³/mol. The van der Waals surface area contributed by atoms with Crippen LogP contribution in [0.1, 0.15) is 10.7 Å². The minimum atomic E-state index is 0.392. The van der Waals surface area contributed by atoms with Crippen molar-refractivity contribution in [3.63, 3.8) is 0 Å². The van der Waals surface area contributed by atoms with Crippen LogP contribution in [0.2, 0.25) is 0 Å². The van der Waals surface area contributed by atoms with Crippen molar-refractivity contribution in [1.82, 2.24) is 9.55 Å². The molecule has 3 nitrogen and oxygen atoms in total. The van der Waals surface area contributed by atoms with Crippen LogP contribution in [-0.2, 0) is 12.4 Å². The first-order chi connectivity index (χ1) is 9.71. The van der Waals surface area contributed by atoms with Crippen molar-refractivity contribution in [2.45, 2.75) is 12.4 Å². The lowest BCUT2D eigenvalue weighted by atomic mass is 10.3. The van der Waals surface area contributed by atoms with Gasteiger partial charge in [0.2, 0.25) is 0 Å². The van der Waals surface area contributed by atoms with Crippen LogP contribution in [0.5, 0.6) is 5.75 Å². The molecule has 6 heteroatoms. The van der Waals surface area contributed by atoms with Crippen LogP contribution in [0, 0.1) is 0 Å². The van der Waals surface area contributed by atoms with Crippen molar-refractivity contribution in [2.24, 2.45) is 0 Å². The lowest BCUT2D eigenvalue weighted by Crippen LogP contribution is -2.02. The van der Waals surface area contributed by atoms with Crippen molar-refractivity contribution in [1.29, 1.82) is 0 Å². The number of aromatic nitrogens is 2. The highest BCUT2D eigenvalue weighted by Crippen LogP contribution is 2.27. The molecule has 3 rings (SSSR count). The number of methoxy groups -OCH3 is 1. The fourth-order valence-corrected chi connectivity index (χ4v) is 3.83. The summed E-state index contributed by atoms with van der Waals surface area (Å²) in [7, 11) is 1.67. The molecular formula is C14H12BrClN2OS. The first-order valence-electron chi connectivity index (χ1n) is 6.04. The number of halogens is 2. The Bertz CT molecular complexity index is 753. The lowest BCUT2D eigenvalue weighted by molar-refractivity contribution is 0.415. The van der Waals surface area contributed by atoms with Gasteiger partial charge in [0, 0.05) is 10.9 Å². The van der Waals surface area contributed by atoms with E-state index in [1.54, 1.807) is 18.4 Å². The summed E-state index contributed by atoms with van der Waals surface area (Å²) in [6.45, 7) is 0.766. The van der Waals surface area contributed by atoms with Gasteiger partial charge < -0.3 is 9.30 Å². The highest BCUT2D eigenvalue weighted by atomic mass is 79.9. The van der Waals surface area contributed by atoms with E-state index in [1.165, 1.54) is 4.88 Å². The van der Waals surface area contributed by atoms with Gasteiger partial charge in [-0.05, 0) is 40.2 Å². The summed E-state index contributed by atoms with van der Waals surface area (Å²) in [4.78, 5) is 5.83. The molecule has 2 aromatic heterocycles. The van der Waals surface area contributed by atoms with Crippen molar-refractivity contribution in [3.05, 3.63) is 44.8 Å².